The van der Waals surface area contributed by atoms with E-state index in [1.807, 2.05) is 0 Å². The number of rotatable bonds is 5. The lowest BCUT2D eigenvalue weighted by Gasteiger charge is -2.30. The smallest absolute Gasteiger partial charge is 0.348 e. The Hall–Kier alpha value is -3.76. The Kier molecular flexibility index (Phi) is 4.26. The second kappa shape index (κ2) is 6.76. The van der Waals surface area contributed by atoms with Gasteiger partial charge < -0.3 is 13.7 Å². The zero-order valence-corrected chi connectivity index (χ0v) is 15.1. The van der Waals surface area contributed by atoms with Gasteiger partial charge in [0.2, 0.25) is 5.76 Å². The zero-order chi connectivity index (χ0) is 19.8. The molecule has 0 N–H and O–H groups in total. The number of likely N-dealkylation sites (N-methyl/N-ethyl adjacent to an activating group) is 2. The minimum absolute atomic E-state index is 0.0957. The molecule has 3 amide bonds. The van der Waals surface area contributed by atoms with E-state index in [1.165, 1.54) is 36.2 Å². The van der Waals surface area contributed by atoms with E-state index in [0.29, 0.717) is 17.2 Å². The highest BCUT2D eigenvalue weighted by Crippen LogP contribution is 2.21. The molecule has 1 fully saturated rings. The molecule has 2 aromatic heterocycles. The first kappa shape index (κ1) is 17.6. The molecule has 0 bridgehead atoms. The van der Waals surface area contributed by atoms with Crippen LogP contribution in [-0.2, 0) is 20.9 Å². The number of urea groups is 1. The Morgan fingerprint density at radius 2 is 2.11 bits per heavy atom. The van der Waals surface area contributed by atoms with Crippen molar-refractivity contribution in [3.8, 4) is 11.5 Å². The van der Waals surface area contributed by atoms with Crippen LogP contribution in [0.4, 0.5) is 4.79 Å². The summed E-state index contributed by atoms with van der Waals surface area (Å²) in [5.41, 5.74) is 0.417. The molecule has 4 heterocycles. The molecule has 2 aliphatic heterocycles. The van der Waals surface area contributed by atoms with E-state index in [9.17, 15) is 14.4 Å². The van der Waals surface area contributed by atoms with Crippen LogP contribution in [0.15, 0.2) is 38.4 Å². The molecule has 1 saturated heterocycles. The second-order valence-electron chi connectivity index (χ2n) is 6.24. The fraction of sp³-hybridized carbons (Fsp3) is 0.294. The summed E-state index contributed by atoms with van der Waals surface area (Å²) >= 11 is 0. The largest absolute Gasteiger partial charge is 0.461 e. The minimum atomic E-state index is -0.835. The van der Waals surface area contributed by atoms with Crippen LogP contribution in [-0.4, -0.2) is 76.3 Å². The fourth-order valence-corrected chi connectivity index (χ4v) is 2.94. The maximum Gasteiger partial charge on any atom is 0.348 e. The van der Waals surface area contributed by atoms with Gasteiger partial charge in [-0.3, -0.25) is 14.6 Å². The zero-order valence-electron chi connectivity index (χ0n) is 15.1. The van der Waals surface area contributed by atoms with Crippen molar-refractivity contribution in [1.82, 2.24) is 15.0 Å². The number of imide groups is 1. The first-order valence-electron chi connectivity index (χ1n) is 8.33. The van der Waals surface area contributed by atoms with Crippen LogP contribution in [0.25, 0.3) is 11.5 Å². The van der Waals surface area contributed by atoms with Crippen LogP contribution in [0, 0.1) is 0 Å². The predicted octanol–water partition coefficient (Wildman–Crippen LogP) is 0.323. The lowest BCUT2D eigenvalue weighted by molar-refractivity contribution is -0.521. The third kappa shape index (κ3) is 2.96. The molecule has 4 rings (SSSR count). The Labute approximate surface area is 158 Å². The Morgan fingerprint density at radius 1 is 1.29 bits per heavy atom. The summed E-state index contributed by atoms with van der Waals surface area (Å²) in [6.07, 6.45) is 2.86. The Bertz CT molecular complexity index is 1010. The quantitative estimate of drug-likeness (QED) is 0.536. The van der Waals surface area contributed by atoms with Crippen LogP contribution in [0.5, 0.6) is 0 Å². The van der Waals surface area contributed by atoms with Gasteiger partial charge in [-0.05, 0) is 17.1 Å². The van der Waals surface area contributed by atoms with Crippen LogP contribution in [0.3, 0.4) is 0 Å². The van der Waals surface area contributed by atoms with Crippen molar-refractivity contribution >= 4 is 30.1 Å². The molecule has 0 spiro atoms. The first-order valence-corrected chi connectivity index (χ1v) is 8.33. The van der Waals surface area contributed by atoms with Gasteiger partial charge in [0.15, 0.2) is 12.3 Å². The SMILES string of the molecule is CN1C(=O)C2C(=NC=[N+]2CC(=O)OCc2cc(-c3ccco3)on2)N(C)C1=O. The number of fused-ring (bicyclic) bond motifs is 1. The van der Waals surface area contributed by atoms with E-state index < -0.39 is 23.9 Å². The molecule has 144 valence electrons. The highest BCUT2D eigenvalue weighted by atomic mass is 16.5. The van der Waals surface area contributed by atoms with Crippen molar-refractivity contribution in [3.05, 3.63) is 30.2 Å². The molecule has 11 nitrogen and oxygen atoms in total. The highest BCUT2D eigenvalue weighted by Gasteiger charge is 2.50. The number of aromatic nitrogens is 1. The van der Waals surface area contributed by atoms with Gasteiger partial charge in [-0.1, -0.05) is 5.16 Å². The van der Waals surface area contributed by atoms with Crippen LogP contribution in [0.1, 0.15) is 5.69 Å². The molecule has 0 radical (unpaired) electrons. The maximum atomic E-state index is 12.4. The molecule has 1 unspecified atom stereocenters. The van der Waals surface area contributed by atoms with Crippen LogP contribution >= 0.6 is 0 Å². The van der Waals surface area contributed by atoms with Crippen molar-refractivity contribution in [2.75, 3.05) is 20.6 Å². The van der Waals surface area contributed by atoms with Crippen molar-refractivity contribution in [2.45, 2.75) is 12.6 Å². The average molecular weight is 386 g/mol. The fourth-order valence-electron chi connectivity index (χ4n) is 2.94. The summed E-state index contributed by atoms with van der Waals surface area (Å²) < 4.78 is 17.0. The number of aliphatic imine (C=N–C) groups is 1. The van der Waals surface area contributed by atoms with Gasteiger partial charge in [0.25, 0.3) is 24.1 Å². The Balaban J connectivity index is 1.36. The molecular formula is C17H16N5O6+. The van der Waals surface area contributed by atoms with Gasteiger partial charge in [0, 0.05) is 20.2 Å². The number of carbonyl (C=O) groups excluding carboxylic acids is 3. The standard InChI is InChI=1S/C17H16N5O6/c1-20-15-14(16(24)21(2)17(20)25)22(9-18-15)7-13(23)27-8-10-6-12(28-19-10)11-4-3-5-26-11/h3-6,9,14H,7-8H2,1-2H3/q+1. The van der Waals surface area contributed by atoms with E-state index in [0.717, 1.165) is 4.90 Å². The number of esters is 1. The van der Waals surface area contributed by atoms with Gasteiger partial charge in [-0.25, -0.2) is 14.2 Å². The van der Waals surface area contributed by atoms with Gasteiger partial charge >= 0.3 is 12.0 Å². The highest BCUT2D eigenvalue weighted by molar-refractivity contribution is 6.21. The summed E-state index contributed by atoms with van der Waals surface area (Å²) in [7, 11) is 2.90. The number of amides is 3. The van der Waals surface area contributed by atoms with E-state index in [-0.39, 0.29) is 19.0 Å². The van der Waals surface area contributed by atoms with Crippen molar-refractivity contribution in [3.63, 3.8) is 0 Å². The number of carbonyl (C=O) groups is 3. The summed E-state index contributed by atoms with van der Waals surface area (Å²) in [5.74, 6) is 0.180. The van der Waals surface area contributed by atoms with Gasteiger partial charge in [-0.15, -0.1) is 0 Å². The lowest BCUT2D eigenvalue weighted by atomic mass is 10.1. The maximum absolute atomic E-state index is 12.4. The van der Waals surface area contributed by atoms with Crippen molar-refractivity contribution in [2.24, 2.45) is 4.99 Å². The van der Waals surface area contributed by atoms with E-state index >= 15 is 0 Å². The number of nitrogens with zero attached hydrogens (tertiary/aromatic N) is 5. The van der Waals surface area contributed by atoms with Gasteiger partial charge in [0.1, 0.15) is 12.3 Å². The van der Waals surface area contributed by atoms with Gasteiger partial charge in [0.05, 0.1) is 6.26 Å². The number of hydrogen-bond donors (Lipinski definition) is 0. The topological polar surface area (TPSA) is 121 Å². The number of amidine groups is 1. The summed E-state index contributed by atoms with van der Waals surface area (Å²) in [6, 6.07) is 3.73. The molecule has 2 aromatic rings. The van der Waals surface area contributed by atoms with Crippen molar-refractivity contribution in [1.29, 1.82) is 0 Å². The third-order valence-electron chi connectivity index (χ3n) is 4.41. The number of furan rings is 1. The lowest BCUT2D eigenvalue weighted by Crippen LogP contribution is -2.61. The number of hydrogen-bond acceptors (Lipinski definition) is 8. The van der Waals surface area contributed by atoms with Crippen molar-refractivity contribution < 1.29 is 32.6 Å². The molecule has 0 aliphatic carbocycles. The first-order chi connectivity index (χ1) is 13.5. The molecule has 1 atom stereocenters. The minimum Gasteiger partial charge on any atom is -0.461 e. The summed E-state index contributed by atoms with van der Waals surface area (Å²) in [6.45, 7) is -0.302. The predicted molar refractivity (Wildman–Crippen MR) is 92.3 cm³/mol. The average Bonchev–Trinajstić information content (AvgIpc) is 3.43. The molecule has 2 aliphatic rings. The second-order valence-corrected chi connectivity index (χ2v) is 6.24. The van der Waals surface area contributed by atoms with Crippen LogP contribution in [0.2, 0.25) is 0 Å². The van der Waals surface area contributed by atoms with E-state index in [2.05, 4.69) is 10.1 Å². The van der Waals surface area contributed by atoms with E-state index in [1.54, 1.807) is 18.2 Å². The Morgan fingerprint density at radius 3 is 2.86 bits per heavy atom. The van der Waals surface area contributed by atoms with E-state index in [4.69, 9.17) is 13.7 Å². The van der Waals surface area contributed by atoms with Crippen LogP contribution < -0.4 is 0 Å². The molecule has 28 heavy (non-hydrogen) atoms. The summed E-state index contributed by atoms with van der Waals surface area (Å²) in [5, 5.41) is 3.82. The molecule has 0 aromatic carbocycles. The summed E-state index contributed by atoms with van der Waals surface area (Å²) in [4.78, 5) is 42.9. The molecule has 11 heteroatoms. The van der Waals surface area contributed by atoms with Gasteiger partial charge in [-0.2, -0.15) is 0 Å². The third-order valence-corrected chi connectivity index (χ3v) is 4.41. The monoisotopic (exact) mass is 386 g/mol. The normalized spacial score (nSPS) is 18.9. The molecule has 0 saturated carbocycles. The molecular weight excluding hydrogens is 370 g/mol. The number of ether oxygens (including phenoxy) is 1.